The van der Waals surface area contributed by atoms with Crippen LogP contribution in [0.15, 0.2) is 12.1 Å². The molecule has 0 bridgehead atoms. The van der Waals surface area contributed by atoms with E-state index in [1.807, 2.05) is 13.8 Å². The Morgan fingerprint density at radius 3 is 2.21 bits per heavy atom. The SMILES string of the molecule is CCC(CC)Nc1cc(N(C)C)nc(C(F)(F)F)c1. The highest BCUT2D eigenvalue weighted by Gasteiger charge is 2.33. The summed E-state index contributed by atoms with van der Waals surface area (Å²) in [6.45, 7) is 4.00. The molecule has 0 spiro atoms. The quantitative estimate of drug-likeness (QED) is 0.886. The monoisotopic (exact) mass is 275 g/mol. The van der Waals surface area contributed by atoms with Crippen molar-refractivity contribution in [2.75, 3.05) is 24.3 Å². The molecule has 0 fully saturated rings. The van der Waals surface area contributed by atoms with E-state index < -0.39 is 11.9 Å². The van der Waals surface area contributed by atoms with Crippen LogP contribution in [0.5, 0.6) is 0 Å². The van der Waals surface area contributed by atoms with Crippen molar-refractivity contribution >= 4 is 11.5 Å². The molecule has 0 aliphatic carbocycles. The zero-order chi connectivity index (χ0) is 14.6. The lowest BCUT2D eigenvalue weighted by Crippen LogP contribution is -2.20. The molecule has 1 rings (SSSR count). The first-order valence-electron chi connectivity index (χ1n) is 6.31. The third-order valence-corrected chi connectivity index (χ3v) is 2.92. The molecule has 1 aromatic heterocycles. The summed E-state index contributed by atoms with van der Waals surface area (Å²) in [6, 6.07) is 2.86. The van der Waals surface area contributed by atoms with Crippen LogP contribution in [-0.4, -0.2) is 25.1 Å². The molecule has 3 nitrogen and oxygen atoms in total. The molecular weight excluding hydrogens is 255 g/mol. The Morgan fingerprint density at radius 1 is 1.21 bits per heavy atom. The molecule has 1 N–H and O–H groups in total. The molecule has 0 saturated carbocycles. The largest absolute Gasteiger partial charge is 0.433 e. The summed E-state index contributed by atoms with van der Waals surface area (Å²) in [5, 5.41) is 3.12. The van der Waals surface area contributed by atoms with Gasteiger partial charge in [0, 0.05) is 31.9 Å². The van der Waals surface area contributed by atoms with E-state index >= 15 is 0 Å². The molecule has 6 heteroatoms. The molecular formula is C13H20F3N3. The topological polar surface area (TPSA) is 28.2 Å². The van der Waals surface area contributed by atoms with E-state index in [2.05, 4.69) is 10.3 Å². The zero-order valence-corrected chi connectivity index (χ0v) is 11.7. The van der Waals surface area contributed by atoms with Gasteiger partial charge in [0.15, 0.2) is 0 Å². The number of alkyl halides is 3. The fourth-order valence-electron chi connectivity index (χ4n) is 1.70. The van der Waals surface area contributed by atoms with Crippen LogP contribution < -0.4 is 10.2 Å². The summed E-state index contributed by atoms with van der Waals surface area (Å²) in [5.41, 5.74) is -0.410. The van der Waals surface area contributed by atoms with Crippen molar-refractivity contribution < 1.29 is 13.2 Å². The lowest BCUT2D eigenvalue weighted by molar-refractivity contribution is -0.141. The Hall–Kier alpha value is -1.46. The van der Waals surface area contributed by atoms with Crippen LogP contribution in [0.4, 0.5) is 24.7 Å². The molecule has 0 amide bonds. The van der Waals surface area contributed by atoms with Gasteiger partial charge in [-0.25, -0.2) is 4.98 Å². The Kier molecular flexibility index (Phi) is 5.03. The fourth-order valence-corrected chi connectivity index (χ4v) is 1.70. The Morgan fingerprint density at radius 2 is 1.79 bits per heavy atom. The summed E-state index contributed by atoms with van der Waals surface area (Å²) < 4.78 is 38.4. The van der Waals surface area contributed by atoms with Crippen molar-refractivity contribution in [1.29, 1.82) is 0 Å². The molecule has 0 atom stereocenters. The fraction of sp³-hybridized carbons (Fsp3) is 0.615. The molecule has 19 heavy (non-hydrogen) atoms. The first kappa shape index (κ1) is 15.6. The number of pyridine rings is 1. The number of rotatable bonds is 5. The van der Waals surface area contributed by atoms with Crippen LogP contribution in [0, 0.1) is 0 Å². The summed E-state index contributed by atoms with van der Waals surface area (Å²) in [4.78, 5) is 5.19. The van der Waals surface area contributed by atoms with Gasteiger partial charge in [0.05, 0.1) is 0 Å². The van der Waals surface area contributed by atoms with Crippen molar-refractivity contribution in [3.63, 3.8) is 0 Å². The van der Waals surface area contributed by atoms with Crippen molar-refractivity contribution in [3.05, 3.63) is 17.8 Å². The highest BCUT2D eigenvalue weighted by molar-refractivity contribution is 5.55. The Balaban J connectivity index is 3.13. The number of aromatic nitrogens is 1. The summed E-state index contributed by atoms with van der Waals surface area (Å²) in [6.07, 6.45) is -2.72. The molecule has 1 aromatic rings. The van der Waals surface area contributed by atoms with Crippen molar-refractivity contribution in [3.8, 4) is 0 Å². The molecule has 0 unspecified atom stereocenters. The molecule has 1 heterocycles. The van der Waals surface area contributed by atoms with Crippen molar-refractivity contribution in [1.82, 2.24) is 4.98 Å². The molecule has 0 aromatic carbocycles. The van der Waals surface area contributed by atoms with Gasteiger partial charge in [0.2, 0.25) is 0 Å². The van der Waals surface area contributed by atoms with Gasteiger partial charge in [-0.05, 0) is 18.9 Å². The lowest BCUT2D eigenvalue weighted by atomic mass is 10.1. The van der Waals surface area contributed by atoms with E-state index in [1.165, 1.54) is 0 Å². The van der Waals surface area contributed by atoms with E-state index in [4.69, 9.17) is 0 Å². The normalized spacial score (nSPS) is 11.8. The van der Waals surface area contributed by atoms with Gasteiger partial charge in [-0.3, -0.25) is 0 Å². The maximum absolute atomic E-state index is 12.8. The van der Waals surface area contributed by atoms with Gasteiger partial charge in [-0.2, -0.15) is 13.2 Å². The molecule has 0 aliphatic heterocycles. The van der Waals surface area contributed by atoms with Crippen LogP contribution in [0.1, 0.15) is 32.4 Å². The van der Waals surface area contributed by atoms with Gasteiger partial charge in [-0.15, -0.1) is 0 Å². The Bertz CT molecular complexity index is 412. The second kappa shape index (κ2) is 6.12. The van der Waals surface area contributed by atoms with Crippen molar-refractivity contribution in [2.45, 2.75) is 38.9 Å². The number of nitrogens with one attached hydrogen (secondary N) is 1. The summed E-state index contributed by atoms with van der Waals surface area (Å²) in [7, 11) is 3.34. The molecule has 0 aliphatic rings. The summed E-state index contributed by atoms with van der Waals surface area (Å²) >= 11 is 0. The van der Waals surface area contributed by atoms with E-state index in [9.17, 15) is 13.2 Å². The second-order valence-electron chi connectivity index (χ2n) is 4.65. The van der Waals surface area contributed by atoms with E-state index in [0.717, 1.165) is 18.9 Å². The number of hydrogen-bond acceptors (Lipinski definition) is 3. The molecule has 0 saturated heterocycles. The number of anilines is 2. The van der Waals surface area contributed by atoms with Crippen LogP contribution in [-0.2, 0) is 6.18 Å². The van der Waals surface area contributed by atoms with Crippen LogP contribution >= 0.6 is 0 Å². The van der Waals surface area contributed by atoms with Gasteiger partial charge >= 0.3 is 6.18 Å². The van der Waals surface area contributed by atoms with Gasteiger partial charge < -0.3 is 10.2 Å². The average molecular weight is 275 g/mol. The maximum Gasteiger partial charge on any atom is 0.433 e. The Labute approximate surface area is 111 Å². The van der Waals surface area contributed by atoms with Crippen LogP contribution in [0.25, 0.3) is 0 Å². The van der Waals surface area contributed by atoms with Gasteiger partial charge in [-0.1, -0.05) is 13.8 Å². The lowest BCUT2D eigenvalue weighted by Gasteiger charge is -2.20. The maximum atomic E-state index is 12.8. The highest BCUT2D eigenvalue weighted by atomic mass is 19.4. The third-order valence-electron chi connectivity index (χ3n) is 2.92. The minimum Gasteiger partial charge on any atom is -0.382 e. The van der Waals surface area contributed by atoms with Gasteiger partial charge in [0.1, 0.15) is 11.5 Å². The molecule has 108 valence electrons. The average Bonchev–Trinajstić information content (AvgIpc) is 2.34. The molecule has 0 radical (unpaired) electrons. The minimum absolute atomic E-state index is 0.165. The zero-order valence-electron chi connectivity index (χ0n) is 11.7. The smallest absolute Gasteiger partial charge is 0.382 e. The van der Waals surface area contributed by atoms with Crippen LogP contribution in [0.2, 0.25) is 0 Å². The summed E-state index contributed by atoms with van der Waals surface area (Å²) in [5.74, 6) is 0.295. The van der Waals surface area contributed by atoms with E-state index in [0.29, 0.717) is 11.5 Å². The predicted molar refractivity (Wildman–Crippen MR) is 71.6 cm³/mol. The second-order valence-corrected chi connectivity index (χ2v) is 4.65. The number of nitrogens with zero attached hydrogens (tertiary/aromatic N) is 2. The van der Waals surface area contributed by atoms with E-state index in [1.54, 1.807) is 25.1 Å². The van der Waals surface area contributed by atoms with E-state index in [-0.39, 0.29) is 6.04 Å². The van der Waals surface area contributed by atoms with Crippen molar-refractivity contribution in [2.24, 2.45) is 0 Å². The highest BCUT2D eigenvalue weighted by Crippen LogP contribution is 2.31. The number of halogens is 3. The number of hydrogen-bond donors (Lipinski definition) is 1. The minimum atomic E-state index is -4.43. The first-order chi connectivity index (χ1) is 8.77. The van der Waals surface area contributed by atoms with Crippen LogP contribution in [0.3, 0.4) is 0 Å². The standard InChI is InChI=1S/C13H20F3N3/c1-5-9(6-2)17-10-7-11(13(14,15)16)18-12(8-10)19(3)4/h7-9H,5-6H2,1-4H3,(H,17,18). The third kappa shape index (κ3) is 4.29. The first-order valence-corrected chi connectivity index (χ1v) is 6.31. The van der Waals surface area contributed by atoms with Gasteiger partial charge in [0.25, 0.3) is 0 Å². The predicted octanol–water partition coefficient (Wildman–Crippen LogP) is 3.77.